The Kier molecular flexibility index (Phi) is 5.79. The molecule has 2 saturated heterocycles. The molecular formula is C22H27F2N7O3S2. The first-order valence-corrected chi connectivity index (χ1v) is 14.2. The number of pyridine rings is 1. The van der Waals surface area contributed by atoms with E-state index < -0.39 is 27.0 Å². The van der Waals surface area contributed by atoms with E-state index in [1.54, 1.807) is 10.5 Å². The Hall–Kier alpha value is -2.26. The van der Waals surface area contributed by atoms with Gasteiger partial charge in [-0.3, -0.25) is 9.30 Å². The summed E-state index contributed by atoms with van der Waals surface area (Å²) in [7, 11) is -3.84. The van der Waals surface area contributed by atoms with Crippen molar-refractivity contribution in [3.05, 3.63) is 23.5 Å². The van der Waals surface area contributed by atoms with Crippen molar-refractivity contribution in [2.24, 2.45) is 0 Å². The number of fused-ring (bicyclic) bond motifs is 2. The summed E-state index contributed by atoms with van der Waals surface area (Å²) >= 11 is 0.769. The van der Waals surface area contributed by atoms with E-state index in [9.17, 15) is 17.2 Å². The van der Waals surface area contributed by atoms with Gasteiger partial charge in [0.2, 0.25) is 10.0 Å². The minimum absolute atomic E-state index is 0.0888. The highest BCUT2D eigenvalue weighted by Crippen LogP contribution is 2.38. The highest BCUT2D eigenvalue weighted by molar-refractivity contribution is 7.89. The number of halogens is 2. The fourth-order valence-corrected chi connectivity index (χ4v) is 7.22. The van der Waals surface area contributed by atoms with Gasteiger partial charge in [-0.05, 0) is 32.8 Å². The maximum absolute atomic E-state index is 13.4. The number of hydrogen-bond acceptors (Lipinski definition) is 9. The molecule has 5 heterocycles. The van der Waals surface area contributed by atoms with E-state index in [0.29, 0.717) is 43.3 Å². The zero-order chi connectivity index (χ0) is 25.2. The van der Waals surface area contributed by atoms with Crippen molar-refractivity contribution in [3.8, 4) is 10.7 Å². The molecule has 1 aliphatic carbocycles. The molecule has 0 radical (unpaired) electrons. The smallest absolute Gasteiger partial charge is 0.291 e. The Bertz CT molecular complexity index is 1410. The number of hydrogen-bond donors (Lipinski definition) is 1. The van der Waals surface area contributed by atoms with Gasteiger partial charge in [0.25, 0.3) is 6.43 Å². The molecular weight excluding hydrogens is 512 g/mol. The normalized spacial score (nSPS) is 24.4. The summed E-state index contributed by atoms with van der Waals surface area (Å²) in [6, 6.07) is 2.08. The quantitative estimate of drug-likeness (QED) is 0.510. The van der Waals surface area contributed by atoms with Crippen LogP contribution in [0.25, 0.3) is 16.3 Å². The molecule has 1 saturated carbocycles. The number of morpholine rings is 1. The van der Waals surface area contributed by atoms with Gasteiger partial charge in [0.1, 0.15) is 10.6 Å². The summed E-state index contributed by atoms with van der Waals surface area (Å²) in [4.78, 5) is 9.24. The van der Waals surface area contributed by atoms with E-state index in [1.165, 1.54) is 12.4 Å². The molecule has 3 fully saturated rings. The SMILES string of the molecule is C[C@H]1CN(c2cc(S(=O)(=O)NC3(C)CC3)cn3c(-c4nnc(C(F)F)s4)cnc23)C[C@@H]2COCCN21. The molecule has 36 heavy (non-hydrogen) atoms. The lowest BCUT2D eigenvalue weighted by molar-refractivity contribution is -0.0317. The van der Waals surface area contributed by atoms with Crippen molar-refractivity contribution in [2.75, 3.05) is 37.7 Å². The van der Waals surface area contributed by atoms with E-state index in [4.69, 9.17) is 4.74 Å². The first-order valence-electron chi connectivity index (χ1n) is 11.9. The van der Waals surface area contributed by atoms with Crippen LogP contribution >= 0.6 is 11.3 Å². The first-order chi connectivity index (χ1) is 17.1. The number of nitrogens with one attached hydrogen (secondary N) is 1. The fourth-order valence-electron chi connectivity index (χ4n) is 5.04. The number of nitrogens with zero attached hydrogens (tertiary/aromatic N) is 6. The summed E-state index contributed by atoms with van der Waals surface area (Å²) in [5, 5.41) is 7.37. The van der Waals surface area contributed by atoms with Gasteiger partial charge in [-0.15, -0.1) is 10.2 Å². The Balaban J connectivity index is 1.47. The van der Waals surface area contributed by atoms with E-state index in [2.05, 4.69) is 36.6 Å². The Morgan fingerprint density at radius 3 is 2.81 bits per heavy atom. The van der Waals surface area contributed by atoms with Crippen molar-refractivity contribution >= 4 is 32.7 Å². The average Bonchev–Trinajstić information content (AvgIpc) is 3.23. The second-order valence-electron chi connectivity index (χ2n) is 10.0. The summed E-state index contributed by atoms with van der Waals surface area (Å²) < 4.78 is 63.3. The Morgan fingerprint density at radius 1 is 1.28 bits per heavy atom. The monoisotopic (exact) mass is 539 g/mol. The summed E-state index contributed by atoms with van der Waals surface area (Å²) in [6.07, 6.45) is 1.84. The first kappa shape index (κ1) is 24.1. The predicted molar refractivity (Wildman–Crippen MR) is 130 cm³/mol. The molecule has 1 N–H and O–H groups in total. The number of aromatic nitrogens is 4. The van der Waals surface area contributed by atoms with Gasteiger partial charge in [-0.2, -0.15) is 0 Å². The highest BCUT2D eigenvalue weighted by Gasteiger charge is 2.42. The molecule has 3 aromatic rings. The van der Waals surface area contributed by atoms with Gasteiger partial charge >= 0.3 is 0 Å². The van der Waals surface area contributed by atoms with Gasteiger partial charge in [0.05, 0.1) is 31.1 Å². The van der Waals surface area contributed by atoms with Gasteiger partial charge in [-0.25, -0.2) is 26.9 Å². The molecule has 6 rings (SSSR count). The molecule has 14 heteroatoms. The zero-order valence-electron chi connectivity index (χ0n) is 19.9. The number of anilines is 1. The third-order valence-corrected chi connectivity index (χ3v) is 9.75. The van der Waals surface area contributed by atoms with Crippen LogP contribution in [0.5, 0.6) is 0 Å². The lowest BCUT2D eigenvalue weighted by atomic mass is 10.1. The average molecular weight is 540 g/mol. The number of alkyl halides is 2. The van der Waals surface area contributed by atoms with Gasteiger partial charge in [0.15, 0.2) is 15.7 Å². The third kappa shape index (κ3) is 4.28. The molecule has 194 valence electrons. The van der Waals surface area contributed by atoms with Crippen LogP contribution in [0.2, 0.25) is 0 Å². The van der Waals surface area contributed by atoms with Crippen LogP contribution < -0.4 is 9.62 Å². The fraction of sp³-hybridized carbons (Fsp3) is 0.591. The Labute approximate surface area is 211 Å². The zero-order valence-corrected chi connectivity index (χ0v) is 21.5. The maximum Gasteiger partial charge on any atom is 0.291 e. The van der Waals surface area contributed by atoms with Gasteiger partial charge < -0.3 is 9.64 Å². The topological polar surface area (TPSA) is 105 Å². The molecule has 2 atom stereocenters. The molecule has 0 spiro atoms. The standard InChI is InChI=1S/C22H27F2N7O3S2/c1-13-9-29(10-14-12-34-6-5-30(13)14)16-7-15(36(32,33)28-22(2)3-4-22)11-31-17(8-25-19(16)31)20-26-27-21(35-20)18(23)24/h7-8,11,13-14,18,28H,3-6,9-10,12H2,1-2H3/t13-,14+/m0/s1. The van der Waals surface area contributed by atoms with E-state index in [0.717, 1.165) is 30.7 Å². The number of ether oxygens (including phenoxy) is 1. The van der Waals surface area contributed by atoms with Crippen LogP contribution in [-0.2, 0) is 14.8 Å². The Morgan fingerprint density at radius 2 is 2.08 bits per heavy atom. The minimum Gasteiger partial charge on any atom is -0.378 e. The van der Waals surface area contributed by atoms with Crippen LogP contribution in [0, 0.1) is 0 Å². The molecule has 0 bridgehead atoms. The van der Waals surface area contributed by atoms with E-state index in [1.807, 2.05) is 6.92 Å². The van der Waals surface area contributed by atoms with Crippen LogP contribution in [0.4, 0.5) is 14.5 Å². The van der Waals surface area contributed by atoms with Crippen molar-refractivity contribution in [1.82, 2.24) is 29.2 Å². The highest BCUT2D eigenvalue weighted by atomic mass is 32.2. The van der Waals surface area contributed by atoms with Crippen molar-refractivity contribution < 1.29 is 21.9 Å². The van der Waals surface area contributed by atoms with Gasteiger partial charge in [-0.1, -0.05) is 11.3 Å². The van der Waals surface area contributed by atoms with Crippen LogP contribution in [0.1, 0.15) is 38.1 Å². The van der Waals surface area contributed by atoms with Crippen LogP contribution in [-0.4, -0.2) is 83.4 Å². The van der Waals surface area contributed by atoms with Crippen LogP contribution in [0.3, 0.4) is 0 Å². The predicted octanol–water partition coefficient (Wildman–Crippen LogP) is 2.53. The second kappa shape index (κ2) is 8.65. The maximum atomic E-state index is 13.4. The molecule has 0 amide bonds. The summed E-state index contributed by atoms with van der Waals surface area (Å²) in [5.41, 5.74) is 1.17. The number of sulfonamides is 1. The van der Waals surface area contributed by atoms with Gasteiger partial charge in [0, 0.05) is 37.4 Å². The number of piperazine rings is 1. The van der Waals surface area contributed by atoms with E-state index in [-0.39, 0.29) is 22.0 Å². The molecule has 0 aromatic carbocycles. The largest absolute Gasteiger partial charge is 0.378 e. The second-order valence-corrected chi connectivity index (χ2v) is 12.7. The third-order valence-electron chi connectivity index (χ3n) is 7.19. The molecule has 10 nitrogen and oxygen atoms in total. The van der Waals surface area contributed by atoms with Crippen molar-refractivity contribution in [2.45, 2.75) is 55.6 Å². The molecule has 0 unspecified atom stereocenters. The molecule has 3 aliphatic rings. The van der Waals surface area contributed by atoms with E-state index >= 15 is 0 Å². The van der Waals surface area contributed by atoms with Crippen LogP contribution in [0.15, 0.2) is 23.4 Å². The lowest BCUT2D eigenvalue weighted by Gasteiger charge is -2.48. The minimum atomic E-state index is -3.84. The van der Waals surface area contributed by atoms with Crippen molar-refractivity contribution in [3.63, 3.8) is 0 Å². The van der Waals surface area contributed by atoms with Crippen molar-refractivity contribution in [1.29, 1.82) is 0 Å². The summed E-state index contributed by atoms with van der Waals surface area (Å²) in [6.45, 7) is 7.56. The summed E-state index contributed by atoms with van der Waals surface area (Å²) in [5.74, 6) is 0. The number of imidazole rings is 1. The lowest BCUT2D eigenvalue weighted by Crippen LogP contribution is -2.62. The molecule has 3 aromatic heterocycles. The number of rotatable bonds is 6. The molecule has 2 aliphatic heterocycles.